The van der Waals surface area contributed by atoms with Crippen molar-refractivity contribution in [3.63, 3.8) is 0 Å². The van der Waals surface area contributed by atoms with Crippen molar-refractivity contribution in [2.45, 2.75) is 18.4 Å². The number of nitrogens with one attached hydrogen (secondary N) is 1. The van der Waals surface area contributed by atoms with E-state index < -0.39 is 17.4 Å². The maximum absolute atomic E-state index is 11.1. The third kappa shape index (κ3) is 1.19. The van der Waals surface area contributed by atoms with Gasteiger partial charge in [0, 0.05) is 13.0 Å². The van der Waals surface area contributed by atoms with E-state index in [0.29, 0.717) is 19.6 Å². The Morgan fingerprint density at radius 3 is 3.00 bits per heavy atom. The molecule has 2 aliphatic heterocycles. The molecule has 5 heteroatoms. The second-order valence-electron chi connectivity index (χ2n) is 3.67. The van der Waals surface area contributed by atoms with Crippen LogP contribution in [0, 0.1) is 5.92 Å². The Kier molecular flexibility index (Phi) is 1.76. The number of carbonyl (C=O) groups excluding carboxylic acids is 2. The first-order chi connectivity index (χ1) is 6.14. The minimum absolute atomic E-state index is 0.102. The normalized spacial score (nSPS) is 38.2. The zero-order valence-corrected chi connectivity index (χ0v) is 7.21. The molecule has 2 heterocycles. The van der Waals surface area contributed by atoms with Gasteiger partial charge in [0.1, 0.15) is 0 Å². The van der Waals surface area contributed by atoms with Crippen molar-refractivity contribution in [2.24, 2.45) is 11.7 Å². The number of ether oxygens (including phenoxy) is 1. The van der Waals surface area contributed by atoms with Crippen molar-refractivity contribution in [2.75, 3.05) is 13.2 Å². The number of primary amides is 1. The molecule has 0 aliphatic carbocycles. The van der Waals surface area contributed by atoms with Crippen LogP contribution in [0.1, 0.15) is 12.8 Å². The second-order valence-corrected chi connectivity index (χ2v) is 3.67. The van der Waals surface area contributed by atoms with Crippen molar-refractivity contribution < 1.29 is 14.3 Å². The van der Waals surface area contributed by atoms with Crippen LogP contribution in [0.25, 0.3) is 0 Å². The third-order valence-corrected chi connectivity index (χ3v) is 2.84. The summed E-state index contributed by atoms with van der Waals surface area (Å²) in [5.41, 5.74) is 4.73. The summed E-state index contributed by atoms with van der Waals surface area (Å²) >= 11 is 0. The lowest BCUT2D eigenvalue weighted by molar-refractivity contribution is -0.124. The largest absolute Gasteiger partial charge is 0.379 e. The summed E-state index contributed by atoms with van der Waals surface area (Å²) in [7, 11) is 0. The average Bonchev–Trinajstić information content (AvgIpc) is 2.60. The maximum Gasteiger partial charge on any atom is 0.223 e. The molecule has 0 aromatic carbocycles. The van der Waals surface area contributed by atoms with Crippen LogP contribution < -0.4 is 11.1 Å². The van der Waals surface area contributed by atoms with Gasteiger partial charge in [-0.05, 0) is 6.42 Å². The van der Waals surface area contributed by atoms with Gasteiger partial charge in [0.2, 0.25) is 11.8 Å². The summed E-state index contributed by atoms with van der Waals surface area (Å²) in [6.45, 7) is 0.996. The van der Waals surface area contributed by atoms with Gasteiger partial charge in [-0.15, -0.1) is 0 Å². The zero-order chi connectivity index (χ0) is 9.47. The Bertz CT molecular complexity index is 258. The Morgan fingerprint density at radius 2 is 2.46 bits per heavy atom. The quantitative estimate of drug-likeness (QED) is 0.535. The van der Waals surface area contributed by atoms with Crippen LogP contribution in [-0.4, -0.2) is 30.6 Å². The highest BCUT2D eigenvalue weighted by Crippen LogP contribution is 2.34. The van der Waals surface area contributed by atoms with Gasteiger partial charge in [-0.2, -0.15) is 0 Å². The number of hydrogen-bond acceptors (Lipinski definition) is 3. The fourth-order valence-electron chi connectivity index (χ4n) is 2.12. The highest BCUT2D eigenvalue weighted by Gasteiger charge is 2.51. The van der Waals surface area contributed by atoms with Gasteiger partial charge >= 0.3 is 0 Å². The van der Waals surface area contributed by atoms with Gasteiger partial charge in [-0.3, -0.25) is 9.59 Å². The molecule has 2 aliphatic rings. The standard InChI is InChI=1S/C8H12N2O3/c9-7(12)5-3-6(11)10-8(5)1-2-13-4-8/h5H,1-4H2,(H2,9,12)(H,10,11). The predicted molar refractivity (Wildman–Crippen MR) is 43.6 cm³/mol. The van der Waals surface area contributed by atoms with E-state index in [0.717, 1.165) is 0 Å². The minimum atomic E-state index is -0.497. The summed E-state index contributed by atoms with van der Waals surface area (Å²) < 4.78 is 5.19. The summed E-state index contributed by atoms with van der Waals surface area (Å²) in [5.74, 6) is -0.916. The monoisotopic (exact) mass is 184 g/mol. The molecule has 5 nitrogen and oxygen atoms in total. The molecule has 0 aromatic rings. The average molecular weight is 184 g/mol. The lowest BCUT2D eigenvalue weighted by atomic mass is 9.84. The first-order valence-electron chi connectivity index (χ1n) is 4.32. The molecule has 2 atom stereocenters. The van der Waals surface area contributed by atoms with Crippen LogP contribution in [0.15, 0.2) is 0 Å². The Hall–Kier alpha value is -1.10. The molecule has 2 rings (SSSR count). The molecule has 0 aromatic heterocycles. The molecule has 3 N–H and O–H groups in total. The van der Waals surface area contributed by atoms with E-state index in [4.69, 9.17) is 10.5 Å². The first kappa shape index (κ1) is 8.50. The van der Waals surface area contributed by atoms with Crippen molar-refractivity contribution >= 4 is 11.8 Å². The number of carbonyl (C=O) groups is 2. The lowest BCUT2D eigenvalue weighted by Crippen LogP contribution is -2.50. The molecule has 2 unspecified atom stereocenters. The van der Waals surface area contributed by atoms with Crippen LogP contribution in [-0.2, 0) is 14.3 Å². The van der Waals surface area contributed by atoms with Crippen LogP contribution >= 0.6 is 0 Å². The van der Waals surface area contributed by atoms with Gasteiger partial charge < -0.3 is 15.8 Å². The highest BCUT2D eigenvalue weighted by atomic mass is 16.5. The van der Waals surface area contributed by atoms with Crippen LogP contribution in [0.4, 0.5) is 0 Å². The molecule has 0 saturated carbocycles. The molecule has 2 fully saturated rings. The SMILES string of the molecule is NC(=O)C1CC(=O)NC12CCOC2. The number of nitrogens with two attached hydrogens (primary N) is 1. The second kappa shape index (κ2) is 2.70. The van der Waals surface area contributed by atoms with Gasteiger partial charge in [0.05, 0.1) is 18.1 Å². The predicted octanol–water partition coefficient (Wildman–Crippen LogP) is -1.23. The van der Waals surface area contributed by atoms with E-state index >= 15 is 0 Å². The number of rotatable bonds is 1. The molecule has 0 radical (unpaired) electrons. The van der Waals surface area contributed by atoms with E-state index in [2.05, 4.69) is 5.32 Å². The topological polar surface area (TPSA) is 81.4 Å². The zero-order valence-electron chi connectivity index (χ0n) is 7.21. The molecular formula is C8H12N2O3. The smallest absolute Gasteiger partial charge is 0.223 e. The molecule has 2 saturated heterocycles. The summed E-state index contributed by atoms with van der Waals surface area (Å²) in [4.78, 5) is 22.2. The lowest BCUT2D eigenvalue weighted by Gasteiger charge is -2.26. The summed E-state index contributed by atoms with van der Waals surface area (Å²) in [5, 5.41) is 2.80. The van der Waals surface area contributed by atoms with Crippen molar-refractivity contribution in [3.05, 3.63) is 0 Å². The van der Waals surface area contributed by atoms with Crippen molar-refractivity contribution in [1.82, 2.24) is 5.32 Å². The molecule has 1 spiro atoms. The van der Waals surface area contributed by atoms with E-state index in [1.807, 2.05) is 0 Å². The van der Waals surface area contributed by atoms with E-state index in [9.17, 15) is 9.59 Å². The van der Waals surface area contributed by atoms with Gasteiger partial charge in [-0.1, -0.05) is 0 Å². The first-order valence-corrected chi connectivity index (χ1v) is 4.32. The summed E-state index contributed by atoms with van der Waals surface area (Å²) in [6.07, 6.45) is 0.894. The molecule has 0 bridgehead atoms. The van der Waals surface area contributed by atoms with Crippen LogP contribution in [0.5, 0.6) is 0 Å². The Labute approximate surface area is 75.6 Å². The number of hydrogen-bond donors (Lipinski definition) is 2. The summed E-state index contributed by atoms with van der Waals surface area (Å²) in [6, 6.07) is 0. The maximum atomic E-state index is 11.1. The molecule has 2 amide bonds. The number of amides is 2. The van der Waals surface area contributed by atoms with Crippen LogP contribution in [0.3, 0.4) is 0 Å². The Balaban J connectivity index is 2.25. The van der Waals surface area contributed by atoms with Crippen molar-refractivity contribution in [1.29, 1.82) is 0 Å². The third-order valence-electron chi connectivity index (χ3n) is 2.84. The fourth-order valence-corrected chi connectivity index (χ4v) is 2.12. The van der Waals surface area contributed by atoms with Gasteiger partial charge in [-0.25, -0.2) is 0 Å². The molecule has 13 heavy (non-hydrogen) atoms. The molecular weight excluding hydrogens is 172 g/mol. The van der Waals surface area contributed by atoms with Crippen molar-refractivity contribution in [3.8, 4) is 0 Å². The van der Waals surface area contributed by atoms with Crippen LogP contribution in [0.2, 0.25) is 0 Å². The van der Waals surface area contributed by atoms with E-state index in [1.165, 1.54) is 0 Å². The van der Waals surface area contributed by atoms with Gasteiger partial charge in [0.15, 0.2) is 0 Å². The van der Waals surface area contributed by atoms with E-state index in [-0.39, 0.29) is 12.3 Å². The Morgan fingerprint density at radius 1 is 1.69 bits per heavy atom. The van der Waals surface area contributed by atoms with E-state index in [1.54, 1.807) is 0 Å². The van der Waals surface area contributed by atoms with Gasteiger partial charge in [0.25, 0.3) is 0 Å². The highest BCUT2D eigenvalue weighted by molar-refractivity contribution is 5.90. The minimum Gasteiger partial charge on any atom is -0.379 e. The molecule has 72 valence electrons. The fraction of sp³-hybridized carbons (Fsp3) is 0.750.